The SMILES string of the molecule is Cc1cnc(Cl)c(NC(=O)c2cc(N)cn2C)c1. The van der Waals surface area contributed by atoms with Gasteiger partial charge < -0.3 is 15.6 Å². The summed E-state index contributed by atoms with van der Waals surface area (Å²) in [6, 6.07) is 3.37. The van der Waals surface area contributed by atoms with Crippen LogP contribution in [-0.4, -0.2) is 15.5 Å². The van der Waals surface area contributed by atoms with Crippen LogP contribution in [0.4, 0.5) is 11.4 Å². The standard InChI is InChI=1S/C12H13ClN4O/c1-7-3-9(11(13)15-5-7)16-12(18)10-4-8(14)6-17(10)2/h3-6H,14H2,1-2H3,(H,16,18). The molecule has 0 aliphatic heterocycles. The molecule has 0 saturated carbocycles. The number of rotatable bonds is 2. The zero-order chi connectivity index (χ0) is 13.3. The molecule has 0 aliphatic carbocycles. The second-order valence-corrected chi connectivity index (χ2v) is 4.43. The Bertz CT molecular complexity index is 606. The van der Waals surface area contributed by atoms with Crippen molar-refractivity contribution in [3.63, 3.8) is 0 Å². The number of halogens is 1. The third-order valence-electron chi connectivity index (χ3n) is 2.48. The lowest BCUT2D eigenvalue weighted by molar-refractivity contribution is 0.101. The monoisotopic (exact) mass is 264 g/mol. The van der Waals surface area contributed by atoms with E-state index in [0.717, 1.165) is 5.56 Å². The minimum Gasteiger partial charge on any atom is -0.397 e. The maximum atomic E-state index is 12.0. The summed E-state index contributed by atoms with van der Waals surface area (Å²) >= 11 is 5.92. The Morgan fingerprint density at radius 1 is 1.50 bits per heavy atom. The molecule has 2 aromatic rings. The molecule has 2 rings (SSSR count). The van der Waals surface area contributed by atoms with Crippen LogP contribution in [0.5, 0.6) is 0 Å². The first-order valence-electron chi connectivity index (χ1n) is 5.32. The Hall–Kier alpha value is -2.01. The van der Waals surface area contributed by atoms with Gasteiger partial charge in [-0.05, 0) is 24.6 Å². The largest absolute Gasteiger partial charge is 0.397 e. The second kappa shape index (κ2) is 4.70. The van der Waals surface area contributed by atoms with Gasteiger partial charge in [0.25, 0.3) is 5.91 Å². The van der Waals surface area contributed by atoms with Crippen molar-refractivity contribution in [3.05, 3.63) is 40.9 Å². The summed E-state index contributed by atoms with van der Waals surface area (Å²) in [6.07, 6.45) is 3.31. The number of nitrogens with zero attached hydrogens (tertiary/aromatic N) is 2. The van der Waals surface area contributed by atoms with Crippen molar-refractivity contribution < 1.29 is 4.79 Å². The number of carbonyl (C=O) groups is 1. The van der Waals surface area contributed by atoms with E-state index in [-0.39, 0.29) is 11.1 Å². The van der Waals surface area contributed by atoms with Gasteiger partial charge >= 0.3 is 0 Å². The number of aromatic nitrogens is 2. The zero-order valence-corrected chi connectivity index (χ0v) is 10.8. The molecule has 0 radical (unpaired) electrons. The molecule has 2 aromatic heterocycles. The number of pyridine rings is 1. The number of hydrogen-bond acceptors (Lipinski definition) is 3. The van der Waals surface area contributed by atoms with Gasteiger partial charge in [0.05, 0.1) is 11.4 Å². The molecule has 0 aliphatic rings. The second-order valence-electron chi connectivity index (χ2n) is 4.07. The number of carbonyl (C=O) groups excluding carboxylic acids is 1. The molecule has 0 saturated heterocycles. The third-order valence-corrected chi connectivity index (χ3v) is 2.78. The van der Waals surface area contributed by atoms with Gasteiger partial charge in [0.15, 0.2) is 5.15 Å². The summed E-state index contributed by atoms with van der Waals surface area (Å²) < 4.78 is 1.65. The molecule has 0 unspecified atom stereocenters. The molecule has 0 aromatic carbocycles. The van der Waals surface area contributed by atoms with Crippen LogP contribution in [-0.2, 0) is 7.05 Å². The molecule has 0 bridgehead atoms. The van der Waals surface area contributed by atoms with Crippen LogP contribution < -0.4 is 11.1 Å². The molecule has 5 nitrogen and oxygen atoms in total. The quantitative estimate of drug-likeness (QED) is 0.817. The predicted molar refractivity (Wildman–Crippen MR) is 71.8 cm³/mol. The van der Waals surface area contributed by atoms with Crippen LogP contribution in [0.25, 0.3) is 0 Å². The maximum Gasteiger partial charge on any atom is 0.272 e. The van der Waals surface area contributed by atoms with Gasteiger partial charge in [0.1, 0.15) is 5.69 Å². The van der Waals surface area contributed by atoms with Crippen LogP contribution in [0.3, 0.4) is 0 Å². The van der Waals surface area contributed by atoms with E-state index in [1.807, 2.05) is 6.92 Å². The van der Waals surface area contributed by atoms with Crippen molar-refractivity contribution >= 4 is 28.9 Å². The molecule has 1 amide bonds. The van der Waals surface area contributed by atoms with Crippen molar-refractivity contribution in [2.45, 2.75) is 6.92 Å². The van der Waals surface area contributed by atoms with Gasteiger partial charge in [-0.3, -0.25) is 4.79 Å². The molecule has 2 heterocycles. The van der Waals surface area contributed by atoms with E-state index < -0.39 is 0 Å². The first-order chi connectivity index (χ1) is 8.47. The summed E-state index contributed by atoms with van der Waals surface area (Å²) in [4.78, 5) is 16.0. The Kier molecular flexibility index (Phi) is 3.25. The summed E-state index contributed by atoms with van der Waals surface area (Å²) in [5, 5.41) is 2.97. The molecule has 94 valence electrons. The number of nitrogens with two attached hydrogens (primary N) is 1. The van der Waals surface area contributed by atoms with Gasteiger partial charge in [-0.25, -0.2) is 4.98 Å². The fraction of sp³-hybridized carbons (Fsp3) is 0.167. The topological polar surface area (TPSA) is 72.9 Å². The van der Waals surface area contributed by atoms with Crippen molar-refractivity contribution in [3.8, 4) is 0 Å². The highest BCUT2D eigenvalue weighted by Gasteiger charge is 2.13. The first kappa shape index (κ1) is 12.4. The van der Waals surface area contributed by atoms with Crippen LogP contribution in [0.2, 0.25) is 5.15 Å². The highest BCUT2D eigenvalue weighted by molar-refractivity contribution is 6.32. The zero-order valence-electron chi connectivity index (χ0n) is 10.1. The molecule has 0 fully saturated rings. The van der Waals surface area contributed by atoms with E-state index in [9.17, 15) is 4.79 Å². The highest BCUT2D eigenvalue weighted by atomic mass is 35.5. The van der Waals surface area contributed by atoms with Crippen LogP contribution in [0.1, 0.15) is 16.1 Å². The third kappa shape index (κ3) is 2.46. The van der Waals surface area contributed by atoms with Gasteiger partial charge in [0, 0.05) is 19.4 Å². The fourth-order valence-electron chi connectivity index (χ4n) is 1.64. The van der Waals surface area contributed by atoms with E-state index in [2.05, 4.69) is 10.3 Å². The van der Waals surface area contributed by atoms with E-state index in [4.69, 9.17) is 17.3 Å². The Labute approximate surface area is 110 Å². The smallest absolute Gasteiger partial charge is 0.272 e. The Morgan fingerprint density at radius 2 is 2.22 bits per heavy atom. The summed E-state index contributed by atoms with van der Waals surface area (Å²) in [5.41, 5.74) is 8.03. The van der Waals surface area contributed by atoms with Crippen molar-refractivity contribution in [2.75, 3.05) is 11.1 Å². The Morgan fingerprint density at radius 3 is 2.83 bits per heavy atom. The van der Waals surface area contributed by atoms with Crippen LogP contribution >= 0.6 is 11.6 Å². The van der Waals surface area contributed by atoms with Crippen molar-refractivity contribution in [1.82, 2.24) is 9.55 Å². The van der Waals surface area contributed by atoms with Gasteiger partial charge in [-0.15, -0.1) is 0 Å². The van der Waals surface area contributed by atoms with Gasteiger partial charge in [-0.1, -0.05) is 11.6 Å². The van der Waals surface area contributed by atoms with Gasteiger partial charge in [0.2, 0.25) is 0 Å². The lowest BCUT2D eigenvalue weighted by atomic mass is 10.3. The van der Waals surface area contributed by atoms with Crippen LogP contribution in [0, 0.1) is 6.92 Å². The van der Waals surface area contributed by atoms with Crippen molar-refractivity contribution in [1.29, 1.82) is 0 Å². The molecule has 0 atom stereocenters. The van der Waals surface area contributed by atoms with E-state index in [0.29, 0.717) is 17.1 Å². The maximum absolute atomic E-state index is 12.0. The molecule has 6 heteroatoms. The molecular formula is C12H13ClN4O. The average Bonchev–Trinajstić information content (AvgIpc) is 2.63. The molecule has 18 heavy (non-hydrogen) atoms. The minimum atomic E-state index is -0.275. The summed E-state index contributed by atoms with van der Waals surface area (Å²) in [6.45, 7) is 1.87. The van der Waals surface area contributed by atoms with E-state index in [1.54, 1.807) is 36.1 Å². The lowest BCUT2D eigenvalue weighted by Crippen LogP contribution is -2.15. The molecular weight excluding hydrogens is 252 g/mol. The number of aryl methyl sites for hydroxylation is 2. The predicted octanol–water partition coefficient (Wildman–Crippen LogP) is 2.22. The number of nitrogen functional groups attached to an aromatic ring is 1. The lowest BCUT2D eigenvalue weighted by Gasteiger charge is -2.07. The number of nitrogens with one attached hydrogen (secondary N) is 1. The number of amides is 1. The van der Waals surface area contributed by atoms with Crippen LogP contribution in [0.15, 0.2) is 24.5 Å². The van der Waals surface area contributed by atoms with E-state index in [1.165, 1.54) is 0 Å². The van der Waals surface area contributed by atoms with Gasteiger partial charge in [-0.2, -0.15) is 0 Å². The molecule has 3 N–H and O–H groups in total. The van der Waals surface area contributed by atoms with E-state index >= 15 is 0 Å². The Balaban J connectivity index is 2.26. The normalized spacial score (nSPS) is 10.4. The van der Waals surface area contributed by atoms with Crippen molar-refractivity contribution in [2.24, 2.45) is 7.05 Å². The average molecular weight is 265 g/mol. The highest BCUT2D eigenvalue weighted by Crippen LogP contribution is 2.21. The minimum absolute atomic E-state index is 0.260. The summed E-state index contributed by atoms with van der Waals surface area (Å²) in [5.74, 6) is -0.275. The fourth-order valence-corrected chi connectivity index (χ4v) is 1.79. The first-order valence-corrected chi connectivity index (χ1v) is 5.70. The number of hydrogen-bond donors (Lipinski definition) is 2. The number of anilines is 2. The summed E-state index contributed by atoms with van der Waals surface area (Å²) in [7, 11) is 1.75. The molecule has 0 spiro atoms.